The Morgan fingerprint density at radius 2 is 1.73 bits per heavy atom. The normalized spacial score (nSPS) is 13.1. The first kappa shape index (κ1) is 26.2. The lowest BCUT2D eigenvalue weighted by Gasteiger charge is -2.23. The molecule has 0 fully saturated rings. The van der Waals surface area contributed by atoms with Gasteiger partial charge in [-0.3, -0.25) is 14.3 Å². The number of hydrogen-bond acceptors (Lipinski definition) is 11. The minimum absolute atomic E-state index is 0.104. The van der Waals surface area contributed by atoms with Crippen LogP contribution >= 0.6 is 11.6 Å². The SMILES string of the molecule is COc1ncnc(OC)c1-n1c(NS(=O)(=O)[C@H](C)[C@@H](OC)c2ccc(Cl)nc2)nnc1-c1cccnc1. The van der Waals surface area contributed by atoms with Gasteiger partial charge in [-0.05, 0) is 25.1 Å². The third-order valence-electron chi connectivity index (χ3n) is 5.43. The number of rotatable bonds is 10. The smallest absolute Gasteiger partial charge is 0.245 e. The van der Waals surface area contributed by atoms with Gasteiger partial charge in [0.2, 0.25) is 27.7 Å². The minimum Gasteiger partial charge on any atom is -0.479 e. The van der Waals surface area contributed by atoms with Crippen LogP contribution in [0.5, 0.6) is 11.8 Å². The van der Waals surface area contributed by atoms with E-state index in [9.17, 15) is 8.42 Å². The molecular weight excluding hydrogens is 524 g/mol. The maximum absolute atomic E-state index is 13.6. The molecule has 15 heteroatoms. The summed E-state index contributed by atoms with van der Waals surface area (Å²) in [5, 5.41) is 7.52. The van der Waals surface area contributed by atoms with Crippen molar-refractivity contribution in [3.8, 4) is 28.8 Å². The number of anilines is 1. The minimum atomic E-state index is -4.12. The lowest BCUT2D eigenvalue weighted by molar-refractivity contribution is 0.102. The van der Waals surface area contributed by atoms with E-state index in [-0.39, 0.29) is 34.4 Å². The highest BCUT2D eigenvalue weighted by Crippen LogP contribution is 2.35. The van der Waals surface area contributed by atoms with Gasteiger partial charge in [0.25, 0.3) is 0 Å². The van der Waals surface area contributed by atoms with Crippen molar-refractivity contribution >= 4 is 27.6 Å². The lowest BCUT2D eigenvalue weighted by atomic mass is 10.1. The fraction of sp³-hybridized carbons (Fsp3) is 0.273. The second kappa shape index (κ2) is 11.0. The zero-order valence-electron chi connectivity index (χ0n) is 20.2. The molecule has 0 bridgehead atoms. The highest BCUT2D eigenvalue weighted by molar-refractivity contribution is 7.93. The average Bonchev–Trinajstić information content (AvgIpc) is 3.32. The maximum Gasteiger partial charge on any atom is 0.245 e. The van der Waals surface area contributed by atoms with Crippen molar-refractivity contribution in [3.63, 3.8) is 0 Å². The number of nitrogens with one attached hydrogen (secondary N) is 1. The van der Waals surface area contributed by atoms with E-state index < -0.39 is 21.4 Å². The highest BCUT2D eigenvalue weighted by Gasteiger charge is 2.34. The van der Waals surface area contributed by atoms with Crippen LogP contribution in [0.1, 0.15) is 18.6 Å². The van der Waals surface area contributed by atoms with Crippen LogP contribution in [0.4, 0.5) is 5.95 Å². The third kappa shape index (κ3) is 5.30. The lowest BCUT2D eigenvalue weighted by Crippen LogP contribution is -2.32. The van der Waals surface area contributed by atoms with E-state index in [1.165, 1.54) is 45.3 Å². The maximum atomic E-state index is 13.6. The van der Waals surface area contributed by atoms with E-state index in [1.807, 2.05) is 0 Å². The highest BCUT2D eigenvalue weighted by atomic mass is 35.5. The Hall–Kier alpha value is -3.88. The zero-order chi connectivity index (χ0) is 26.6. The molecule has 0 saturated carbocycles. The molecule has 0 saturated heterocycles. The molecule has 0 amide bonds. The quantitative estimate of drug-likeness (QED) is 0.292. The van der Waals surface area contributed by atoms with E-state index in [4.69, 9.17) is 25.8 Å². The number of hydrogen-bond donors (Lipinski definition) is 1. The molecule has 0 aliphatic carbocycles. The summed E-state index contributed by atoms with van der Waals surface area (Å²) in [4.78, 5) is 16.4. The van der Waals surface area contributed by atoms with Crippen molar-refractivity contribution in [1.82, 2.24) is 34.7 Å². The van der Waals surface area contributed by atoms with E-state index in [2.05, 4.69) is 34.9 Å². The van der Waals surface area contributed by atoms with Gasteiger partial charge in [0.05, 0.1) is 14.2 Å². The Morgan fingerprint density at radius 1 is 1.00 bits per heavy atom. The topological polar surface area (TPSA) is 156 Å². The second-order valence-corrected chi connectivity index (χ2v) is 10.0. The van der Waals surface area contributed by atoms with E-state index in [0.717, 1.165) is 0 Å². The molecule has 1 N–H and O–H groups in total. The van der Waals surface area contributed by atoms with Crippen LogP contribution < -0.4 is 14.2 Å². The van der Waals surface area contributed by atoms with Gasteiger partial charge in [0, 0.05) is 36.8 Å². The predicted molar refractivity (Wildman–Crippen MR) is 134 cm³/mol. The summed E-state index contributed by atoms with van der Waals surface area (Å²) in [6, 6.07) is 6.65. The van der Waals surface area contributed by atoms with Crippen molar-refractivity contribution in [2.45, 2.75) is 18.3 Å². The summed E-state index contributed by atoms with van der Waals surface area (Å²) in [6.07, 6.45) is 5.01. The van der Waals surface area contributed by atoms with Gasteiger partial charge in [-0.15, -0.1) is 10.2 Å². The number of pyridine rings is 2. The molecule has 4 aromatic rings. The molecule has 0 aliphatic rings. The Balaban J connectivity index is 1.83. The largest absolute Gasteiger partial charge is 0.479 e. The van der Waals surface area contributed by atoms with E-state index in [0.29, 0.717) is 11.1 Å². The molecule has 0 radical (unpaired) electrons. The first-order valence-corrected chi connectivity index (χ1v) is 12.7. The van der Waals surface area contributed by atoms with Crippen molar-refractivity contribution in [2.24, 2.45) is 0 Å². The molecule has 0 spiro atoms. The van der Waals surface area contributed by atoms with Crippen LogP contribution in [0.2, 0.25) is 5.15 Å². The number of methoxy groups -OCH3 is 3. The van der Waals surface area contributed by atoms with Crippen LogP contribution in [0.25, 0.3) is 17.1 Å². The van der Waals surface area contributed by atoms with E-state index >= 15 is 0 Å². The fourth-order valence-corrected chi connectivity index (χ4v) is 4.90. The monoisotopic (exact) mass is 546 g/mol. The van der Waals surface area contributed by atoms with Crippen molar-refractivity contribution in [1.29, 1.82) is 0 Å². The molecule has 37 heavy (non-hydrogen) atoms. The summed E-state index contributed by atoms with van der Waals surface area (Å²) in [7, 11) is 0.112. The van der Waals surface area contributed by atoms with Crippen LogP contribution in [0, 0.1) is 0 Å². The molecule has 4 rings (SSSR count). The Bertz CT molecular complexity index is 1450. The fourth-order valence-electron chi connectivity index (χ4n) is 3.62. The van der Waals surface area contributed by atoms with Crippen molar-refractivity contribution in [3.05, 3.63) is 59.9 Å². The molecular formula is C22H23ClN8O5S. The van der Waals surface area contributed by atoms with Crippen LogP contribution in [-0.2, 0) is 14.8 Å². The third-order valence-corrected chi connectivity index (χ3v) is 7.35. The summed E-state index contributed by atoms with van der Waals surface area (Å²) in [5.74, 6) is 0.302. The number of ether oxygens (including phenoxy) is 3. The Labute approximate surface area is 217 Å². The van der Waals surface area contributed by atoms with Gasteiger partial charge in [0.15, 0.2) is 11.5 Å². The average molecular weight is 547 g/mol. The molecule has 0 unspecified atom stereocenters. The number of nitrogens with zero attached hydrogens (tertiary/aromatic N) is 7. The van der Waals surface area contributed by atoms with Gasteiger partial charge >= 0.3 is 0 Å². The summed E-state index contributed by atoms with van der Waals surface area (Å²) < 4.78 is 47.4. The molecule has 2 atom stereocenters. The second-order valence-electron chi connectivity index (χ2n) is 7.59. The Morgan fingerprint density at radius 3 is 2.30 bits per heavy atom. The van der Waals surface area contributed by atoms with Crippen LogP contribution in [0.15, 0.2) is 49.2 Å². The molecule has 4 aromatic heterocycles. The van der Waals surface area contributed by atoms with E-state index in [1.54, 1.807) is 36.7 Å². The summed E-state index contributed by atoms with van der Waals surface area (Å²) in [6.45, 7) is 1.50. The van der Waals surface area contributed by atoms with Crippen molar-refractivity contribution < 1.29 is 22.6 Å². The van der Waals surface area contributed by atoms with Crippen molar-refractivity contribution in [2.75, 3.05) is 26.1 Å². The van der Waals surface area contributed by atoms with Crippen LogP contribution in [0.3, 0.4) is 0 Å². The number of sulfonamides is 1. The molecule has 4 heterocycles. The van der Waals surface area contributed by atoms with Gasteiger partial charge in [-0.1, -0.05) is 17.7 Å². The number of aromatic nitrogens is 7. The summed E-state index contributed by atoms with van der Waals surface area (Å²) in [5.41, 5.74) is 1.26. The van der Waals surface area contributed by atoms with Gasteiger partial charge < -0.3 is 14.2 Å². The first-order valence-electron chi connectivity index (χ1n) is 10.8. The molecule has 0 aromatic carbocycles. The predicted octanol–water partition coefficient (Wildman–Crippen LogP) is 2.70. The van der Waals surface area contributed by atoms with Gasteiger partial charge in [-0.25, -0.2) is 13.4 Å². The van der Waals surface area contributed by atoms with Crippen LogP contribution in [-0.4, -0.2) is 69.7 Å². The molecule has 194 valence electrons. The standard InChI is InChI=1S/C22H23ClN8O5S/c1-13(18(34-2)14-7-8-16(23)25-11-14)37(32,33)30-22-29-28-19(15-6-5-9-24-10-15)31(22)17-20(35-3)26-12-27-21(17)36-4/h5-13,18H,1-4H3,(H,29,30)/t13-,18-/m1/s1. The number of halogens is 1. The zero-order valence-corrected chi connectivity index (χ0v) is 21.8. The van der Waals surface area contributed by atoms with Gasteiger partial charge in [0.1, 0.15) is 22.8 Å². The molecule has 13 nitrogen and oxygen atoms in total. The molecule has 0 aliphatic heterocycles. The van der Waals surface area contributed by atoms with Gasteiger partial charge in [-0.2, -0.15) is 9.97 Å². The summed E-state index contributed by atoms with van der Waals surface area (Å²) >= 11 is 5.88. The Kier molecular flexibility index (Phi) is 7.80. The first-order chi connectivity index (χ1) is 17.8.